The summed E-state index contributed by atoms with van der Waals surface area (Å²) in [7, 11) is -3.07. The van der Waals surface area contributed by atoms with Crippen LogP contribution < -0.4 is 5.73 Å². The first kappa shape index (κ1) is 15.2. The third-order valence-corrected chi connectivity index (χ3v) is 4.08. The molecule has 1 unspecified atom stereocenters. The molecule has 0 saturated carbocycles. The van der Waals surface area contributed by atoms with Gasteiger partial charge in [-0.3, -0.25) is 4.79 Å². The molecule has 0 aliphatic carbocycles. The van der Waals surface area contributed by atoms with Gasteiger partial charge >= 0.3 is 0 Å². The second kappa shape index (κ2) is 6.33. The van der Waals surface area contributed by atoms with Crippen LogP contribution in [-0.2, 0) is 21.1 Å². The summed E-state index contributed by atoms with van der Waals surface area (Å²) in [5, 5.41) is 0. The van der Waals surface area contributed by atoms with E-state index in [0.717, 1.165) is 16.3 Å². The second-order valence-corrected chi connectivity index (χ2v) is 7.53. The van der Waals surface area contributed by atoms with E-state index in [2.05, 4.69) is 15.9 Å². The first-order valence-corrected chi connectivity index (χ1v) is 8.35. The Labute approximate surface area is 116 Å². The molecule has 0 bridgehead atoms. The standard InChI is InChI=1S/C12H16BrNO3S/c1-18(16,17)6-5-10(12(14)15)7-9-3-2-4-11(13)8-9/h2-4,8,10H,5-7H2,1H3,(H2,14,15). The first-order valence-electron chi connectivity index (χ1n) is 5.49. The number of nitrogens with two attached hydrogens (primary N) is 1. The quantitative estimate of drug-likeness (QED) is 0.857. The third-order valence-electron chi connectivity index (χ3n) is 2.61. The lowest BCUT2D eigenvalue weighted by molar-refractivity contribution is -0.121. The van der Waals surface area contributed by atoms with E-state index in [4.69, 9.17) is 5.73 Å². The Balaban J connectivity index is 2.72. The van der Waals surface area contributed by atoms with E-state index in [-0.39, 0.29) is 12.2 Å². The molecular formula is C12H16BrNO3S. The number of carbonyl (C=O) groups excluding carboxylic acids is 1. The molecule has 0 fully saturated rings. The highest BCUT2D eigenvalue weighted by molar-refractivity contribution is 9.10. The number of sulfone groups is 1. The summed E-state index contributed by atoms with van der Waals surface area (Å²) in [4.78, 5) is 11.3. The van der Waals surface area contributed by atoms with Crippen molar-refractivity contribution in [3.05, 3.63) is 34.3 Å². The Kier molecular flexibility index (Phi) is 5.34. The van der Waals surface area contributed by atoms with Crippen LogP contribution in [0.4, 0.5) is 0 Å². The Morgan fingerprint density at radius 3 is 2.61 bits per heavy atom. The van der Waals surface area contributed by atoms with E-state index < -0.39 is 21.7 Å². The topological polar surface area (TPSA) is 77.2 Å². The van der Waals surface area contributed by atoms with Gasteiger partial charge in [-0.05, 0) is 30.5 Å². The van der Waals surface area contributed by atoms with E-state index in [1.807, 2.05) is 24.3 Å². The van der Waals surface area contributed by atoms with Crippen LogP contribution in [0, 0.1) is 5.92 Å². The van der Waals surface area contributed by atoms with Crippen molar-refractivity contribution < 1.29 is 13.2 Å². The van der Waals surface area contributed by atoms with Gasteiger partial charge < -0.3 is 5.73 Å². The summed E-state index contributed by atoms with van der Waals surface area (Å²) in [6, 6.07) is 7.55. The van der Waals surface area contributed by atoms with Crippen LogP contribution in [-0.4, -0.2) is 26.3 Å². The van der Waals surface area contributed by atoms with Crippen LogP contribution in [0.25, 0.3) is 0 Å². The summed E-state index contributed by atoms with van der Waals surface area (Å²) < 4.78 is 23.1. The minimum absolute atomic E-state index is 0.0192. The van der Waals surface area contributed by atoms with Crippen LogP contribution in [0.15, 0.2) is 28.7 Å². The molecule has 0 radical (unpaired) electrons. The minimum atomic E-state index is -3.07. The van der Waals surface area contributed by atoms with E-state index in [1.54, 1.807) is 0 Å². The summed E-state index contributed by atoms with van der Waals surface area (Å²) in [6.45, 7) is 0. The third kappa shape index (κ3) is 5.64. The van der Waals surface area contributed by atoms with E-state index in [9.17, 15) is 13.2 Å². The van der Waals surface area contributed by atoms with Crippen LogP contribution >= 0.6 is 15.9 Å². The number of hydrogen-bond donors (Lipinski definition) is 1. The molecule has 6 heteroatoms. The molecule has 1 aromatic carbocycles. The molecule has 2 N–H and O–H groups in total. The number of hydrogen-bond acceptors (Lipinski definition) is 3. The zero-order valence-corrected chi connectivity index (χ0v) is 12.5. The van der Waals surface area contributed by atoms with Gasteiger partial charge in [-0.1, -0.05) is 28.1 Å². The summed E-state index contributed by atoms with van der Waals surface area (Å²) >= 11 is 3.35. The zero-order chi connectivity index (χ0) is 13.8. The van der Waals surface area contributed by atoms with E-state index in [0.29, 0.717) is 6.42 Å². The van der Waals surface area contributed by atoms with Gasteiger partial charge in [0.1, 0.15) is 9.84 Å². The maximum Gasteiger partial charge on any atom is 0.220 e. The number of amides is 1. The number of benzene rings is 1. The van der Waals surface area contributed by atoms with Crippen LogP contribution in [0.5, 0.6) is 0 Å². The summed E-state index contributed by atoms with van der Waals surface area (Å²) in [6.07, 6.45) is 1.88. The molecule has 1 atom stereocenters. The number of rotatable bonds is 6. The van der Waals surface area contributed by atoms with E-state index >= 15 is 0 Å². The lowest BCUT2D eigenvalue weighted by Crippen LogP contribution is -2.27. The van der Waals surface area contributed by atoms with Crippen LogP contribution in [0.2, 0.25) is 0 Å². The van der Waals surface area contributed by atoms with Gasteiger partial charge in [0.2, 0.25) is 5.91 Å². The Bertz CT molecular complexity index is 528. The Morgan fingerprint density at radius 2 is 2.11 bits per heavy atom. The highest BCUT2D eigenvalue weighted by atomic mass is 79.9. The molecule has 1 aromatic rings. The Hall–Kier alpha value is -0.880. The number of carbonyl (C=O) groups is 1. The molecule has 100 valence electrons. The molecule has 18 heavy (non-hydrogen) atoms. The summed E-state index contributed by atoms with van der Waals surface area (Å²) in [5.74, 6) is -0.929. The highest BCUT2D eigenvalue weighted by Crippen LogP contribution is 2.17. The van der Waals surface area contributed by atoms with Crippen molar-refractivity contribution in [1.82, 2.24) is 0 Å². The van der Waals surface area contributed by atoms with Crippen LogP contribution in [0.1, 0.15) is 12.0 Å². The van der Waals surface area contributed by atoms with Crippen molar-refractivity contribution in [3.63, 3.8) is 0 Å². The summed E-state index contributed by atoms with van der Waals surface area (Å²) in [5.41, 5.74) is 6.27. The van der Waals surface area contributed by atoms with Crippen molar-refractivity contribution in [3.8, 4) is 0 Å². The number of halogens is 1. The van der Waals surface area contributed by atoms with E-state index in [1.165, 1.54) is 0 Å². The molecule has 0 aliphatic rings. The molecule has 0 spiro atoms. The van der Waals surface area contributed by atoms with Gasteiger partial charge in [-0.2, -0.15) is 0 Å². The normalized spacial score (nSPS) is 13.2. The molecule has 0 heterocycles. The van der Waals surface area contributed by atoms with Gasteiger partial charge in [0, 0.05) is 16.6 Å². The molecule has 0 saturated heterocycles. The number of primary amides is 1. The van der Waals surface area contributed by atoms with Gasteiger partial charge in [-0.25, -0.2) is 8.42 Å². The molecule has 0 aliphatic heterocycles. The fraction of sp³-hybridized carbons (Fsp3) is 0.417. The fourth-order valence-electron chi connectivity index (χ4n) is 1.65. The molecule has 4 nitrogen and oxygen atoms in total. The maximum absolute atomic E-state index is 11.3. The van der Waals surface area contributed by atoms with Gasteiger partial charge in [0.25, 0.3) is 0 Å². The zero-order valence-electron chi connectivity index (χ0n) is 10.1. The largest absolute Gasteiger partial charge is 0.369 e. The fourth-order valence-corrected chi connectivity index (χ4v) is 2.81. The van der Waals surface area contributed by atoms with Crippen molar-refractivity contribution >= 4 is 31.7 Å². The van der Waals surface area contributed by atoms with Gasteiger partial charge in [0.05, 0.1) is 5.75 Å². The molecule has 1 amide bonds. The smallest absolute Gasteiger partial charge is 0.220 e. The van der Waals surface area contributed by atoms with Gasteiger partial charge in [-0.15, -0.1) is 0 Å². The molecule has 0 aromatic heterocycles. The maximum atomic E-state index is 11.3. The minimum Gasteiger partial charge on any atom is -0.369 e. The predicted molar refractivity (Wildman–Crippen MR) is 74.9 cm³/mol. The highest BCUT2D eigenvalue weighted by Gasteiger charge is 2.18. The van der Waals surface area contributed by atoms with Crippen molar-refractivity contribution in [2.24, 2.45) is 11.7 Å². The second-order valence-electron chi connectivity index (χ2n) is 4.35. The lowest BCUT2D eigenvalue weighted by atomic mass is 9.96. The van der Waals surface area contributed by atoms with Crippen molar-refractivity contribution in [2.75, 3.05) is 12.0 Å². The first-order chi connectivity index (χ1) is 8.28. The molecular weight excluding hydrogens is 318 g/mol. The predicted octanol–water partition coefficient (Wildman–Crippen LogP) is 1.53. The lowest BCUT2D eigenvalue weighted by Gasteiger charge is -2.12. The monoisotopic (exact) mass is 333 g/mol. The van der Waals surface area contributed by atoms with Crippen LogP contribution in [0.3, 0.4) is 0 Å². The average molecular weight is 334 g/mol. The Morgan fingerprint density at radius 1 is 1.44 bits per heavy atom. The van der Waals surface area contributed by atoms with Crippen molar-refractivity contribution in [1.29, 1.82) is 0 Å². The van der Waals surface area contributed by atoms with Gasteiger partial charge in [0.15, 0.2) is 0 Å². The van der Waals surface area contributed by atoms with Crippen molar-refractivity contribution in [2.45, 2.75) is 12.8 Å². The average Bonchev–Trinajstić information content (AvgIpc) is 2.22. The molecule has 1 rings (SSSR count). The SMILES string of the molecule is CS(=O)(=O)CCC(Cc1cccc(Br)c1)C(N)=O.